The number of epoxide rings is 1. The first-order valence-electron chi connectivity index (χ1n) is 4.75. The van der Waals surface area contributed by atoms with Crippen LogP contribution < -0.4 is 0 Å². The van der Waals surface area contributed by atoms with E-state index in [0.717, 1.165) is 17.2 Å². The Morgan fingerprint density at radius 3 is 2.93 bits per heavy atom. The van der Waals surface area contributed by atoms with Gasteiger partial charge < -0.3 is 9.47 Å². The van der Waals surface area contributed by atoms with Crippen LogP contribution in [0.3, 0.4) is 0 Å². The molecule has 3 heteroatoms. The lowest BCUT2D eigenvalue weighted by Crippen LogP contribution is -2.06. The van der Waals surface area contributed by atoms with Gasteiger partial charge in [-0.2, -0.15) is 0 Å². The van der Waals surface area contributed by atoms with Crippen LogP contribution in [0.4, 0.5) is 0 Å². The molecule has 1 aromatic carbocycles. The summed E-state index contributed by atoms with van der Waals surface area (Å²) in [6.45, 7) is 3.49. The summed E-state index contributed by atoms with van der Waals surface area (Å²) in [7, 11) is 0. The van der Waals surface area contributed by atoms with E-state index in [2.05, 4.69) is 0 Å². The fraction of sp³-hybridized carbons (Fsp3) is 0.455. The van der Waals surface area contributed by atoms with Gasteiger partial charge in [-0.3, -0.25) is 0 Å². The third-order valence-electron chi connectivity index (χ3n) is 2.28. The second kappa shape index (κ2) is 4.30. The number of ether oxygens (including phenoxy) is 2. The zero-order valence-electron chi connectivity index (χ0n) is 8.07. The molecule has 1 fully saturated rings. The van der Waals surface area contributed by atoms with E-state index < -0.39 is 0 Å². The lowest BCUT2D eigenvalue weighted by atomic mass is 10.1. The van der Waals surface area contributed by atoms with E-state index in [0.29, 0.717) is 12.7 Å². The zero-order valence-corrected chi connectivity index (χ0v) is 8.83. The van der Waals surface area contributed by atoms with Crippen molar-refractivity contribution in [2.75, 3.05) is 13.2 Å². The molecule has 2 atom stereocenters. The van der Waals surface area contributed by atoms with Gasteiger partial charge in [0.1, 0.15) is 6.10 Å². The predicted octanol–water partition coefficient (Wildman–Crippen LogP) is 2.82. The summed E-state index contributed by atoms with van der Waals surface area (Å²) < 4.78 is 10.7. The Labute approximate surface area is 88.8 Å². The molecule has 0 N–H and O–H groups in total. The van der Waals surface area contributed by atoms with Crippen LogP contribution in [0, 0.1) is 0 Å². The van der Waals surface area contributed by atoms with Crippen molar-refractivity contribution in [3.63, 3.8) is 0 Å². The maximum absolute atomic E-state index is 6.04. The Bertz CT molecular complexity index is 310. The zero-order chi connectivity index (χ0) is 9.97. The third-order valence-corrected chi connectivity index (χ3v) is 2.62. The van der Waals surface area contributed by atoms with Gasteiger partial charge in [0.05, 0.1) is 19.3 Å². The summed E-state index contributed by atoms with van der Waals surface area (Å²) in [5.41, 5.74) is 1.04. The maximum atomic E-state index is 6.04. The second-order valence-electron chi connectivity index (χ2n) is 3.45. The summed E-state index contributed by atoms with van der Waals surface area (Å²) in [6.07, 6.45) is 0.341. The SMILES string of the molecule is C[C@@H](OC[C@@H]1CO1)c1ccccc1Cl. The number of benzene rings is 1. The first kappa shape index (κ1) is 9.97. The molecule has 0 aliphatic carbocycles. The average molecular weight is 213 g/mol. The largest absolute Gasteiger partial charge is 0.371 e. The summed E-state index contributed by atoms with van der Waals surface area (Å²) in [5, 5.41) is 0.761. The molecule has 0 spiro atoms. The molecule has 0 radical (unpaired) electrons. The lowest BCUT2D eigenvalue weighted by Gasteiger charge is -2.13. The fourth-order valence-electron chi connectivity index (χ4n) is 1.31. The van der Waals surface area contributed by atoms with Crippen molar-refractivity contribution >= 4 is 11.6 Å². The molecule has 0 aromatic heterocycles. The Kier molecular flexibility index (Phi) is 3.06. The summed E-state index contributed by atoms with van der Waals surface area (Å²) in [4.78, 5) is 0. The lowest BCUT2D eigenvalue weighted by molar-refractivity contribution is 0.0540. The topological polar surface area (TPSA) is 21.8 Å². The van der Waals surface area contributed by atoms with Crippen molar-refractivity contribution in [1.82, 2.24) is 0 Å². The summed E-state index contributed by atoms with van der Waals surface area (Å²) in [5.74, 6) is 0. The molecule has 2 nitrogen and oxygen atoms in total. The van der Waals surface area contributed by atoms with Crippen LogP contribution in [0.1, 0.15) is 18.6 Å². The van der Waals surface area contributed by atoms with Crippen LogP contribution >= 0.6 is 11.6 Å². The monoisotopic (exact) mass is 212 g/mol. The minimum absolute atomic E-state index is 0.0351. The van der Waals surface area contributed by atoms with E-state index in [1.54, 1.807) is 0 Å². The van der Waals surface area contributed by atoms with Gasteiger partial charge in [0.25, 0.3) is 0 Å². The van der Waals surface area contributed by atoms with Crippen molar-refractivity contribution in [2.45, 2.75) is 19.1 Å². The molecular weight excluding hydrogens is 200 g/mol. The van der Waals surface area contributed by atoms with Gasteiger partial charge in [-0.1, -0.05) is 29.8 Å². The highest BCUT2D eigenvalue weighted by atomic mass is 35.5. The first-order valence-corrected chi connectivity index (χ1v) is 5.13. The highest BCUT2D eigenvalue weighted by molar-refractivity contribution is 6.31. The molecule has 0 amide bonds. The van der Waals surface area contributed by atoms with Gasteiger partial charge >= 0.3 is 0 Å². The van der Waals surface area contributed by atoms with Crippen LogP contribution in [-0.2, 0) is 9.47 Å². The molecule has 1 aliphatic rings. The van der Waals surface area contributed by atoms with E-state index in [-0.39, 0.29) is 6.10 Å². The second-order valence-corrected chi connectivity index (χ2v) is 3.86. The van der Waals surface area contributed by atoms with Crippen LogP contribution in [0.2, 0.25) is 5.02 Å². The molecule has 1 saturated heterocycles. The maximum Gasteiger partial charge on any atom is 0.104 e. The molecule has 2 rings (SSSR count). The number of hydrogen-bond acceptors (Lipinski definition) is 2. The van der Waals surface area contributed by atoms with E-state index in [9.17, 15) is 0 Å². The Hall–Kier alpha value is -0.570. The molecule has 0 unspecified atom stereocenters. The van der Waals surface area contributed by atoms with Gasteiger partial charge in [-0.15, -0.1) is 0 Å². The Morgan fingerprint density at radius 2 is 2.29 bits per heavy atom. The standard InChI is InChI=1S/C11H13ClO2/c1-8(13-6-9-7-14-9)10-4-2-3-5-11(10)12/h2-5,8-9H,6-7H2,1H3/t8-,9-/m1/s1. The normalized spacial score (nSPS) is 22.0. The smallest absolute Gasteiger partial charge is 0.104 e. The van der Waals surface area contributed by atoms with Gasteiger partial charge in [0.2, 0.25) is 0 Å². The number of halogens is 1. The van der Waals surface area contributed by atoms with Crippen molar-refractivity contribution < 1.29 is 9.47 Å². The molecule has 0 saturated carbocycles. The average Bonchev–Trinajstić information content (AvgIpc) is 2.98. The van der Waals surface area contributed by atoms with E-state index in [1.807, 2.05) is 31.2 Å². The Balaban J connectivity index is 1.95. The van der Waals surface area contributed by atoms with Gasteiger partial charge in [0, 0.05) is 5.02 Å². The number of hydrogen-bond donors (Lipinski definition) is 0. The molecule has 76 valence electrons. The van der Waals surface area contributed by atoms with Gasteiger partial charge in [0.15, 0.2) is 0 Å². The van der Waals surface area contributed by atoms with Crippen LogP contribution in [0.25, 0.3) is 0 Å². The minimum Gasteiger partial charge on any atom is -0.371 e. The van der Waals surface area contributed by atoms with Crippen molar-refractivity contribution in [3.8, 4) is 0 Å². The van der Waals surface area contributed by atoms with Crippen molar-refractivity contribution in [3.05, 3.63) is 34.9 Å². The molecule has 0 bridgehead atoms. The van der Waals surface area contributed by atoms with E-state index in [4.69, 9.17) is 21.1 Å². The van der Waals surface area contributed by atoms with Gasteiger partial charge in [-0.25, -0.2) is 0 Å². The highest BCUT2D eigenvalue weighted by Crippen LogP contribution is 2.25. The molecule has 1 aliphatic heterocycles. The van der Waals surface area contributed by atoms with Crippen LogP contribution in [0.15, 0.2) is 24.3 Å². The Morgan fingerprint density at radius 1 is 1.57 bits per heavy atom. The third kappa shape index (κ3) is 2.47. The minimum atomic E-state index is 0.0351. The van der Waals surface area contributed by atoms with Crippen LogP contribution in [-0.4, -0.2) is 19.3 Å². The predicted molar refractivity (Wildman–Crippen MR) is 55.6 cm³/mol. The molecular formula is C11H13ClO2. The van der Waals surface area contributed by atoms with Crippen molar-refractivity contribution in [1.29, 1.82) is 0 Å². The number of rotatable bonds is 4. The van der Waals surface area contributed by atoms with Crippen LogP contribution in [0.5, 0.6) is 0 Å². The highest BCUT2D eigenvalue weighted by Gasteiger charge is 2.23. The molecule has 1 heterocycles. The summed E-state index contributed by atoms with van der Waals surface area (Å²) >= 11 is 6.04. The quantitative estimate of drug-likeness (QED) is 0.716. The van der Waals surface area contributed by atoms with E-state index >= 15 is 0 Å². The summed E-state index contributed by atoms with van der Waals surface area (Å²) in [6, 6.07) is 7.75. The van der Waals surface area contributed by atoms with Crippen molar-refractivity contribution in [2.24, 2.45) is 0 Å². The molecule has 14 heavy (non-hydrogen) atoms. The van der Waals surface area contributed by atoms with E-state index in [1.165, 1.54) is 0 Å². The van der Waals surface area contributed by atoms with Gasteiger partial charge in [-0.05, 0) is 18.6 Å². The molecule has 1 aromatic rings. The first-order chi connectivity index (χ1) is 6.77. The fourth-order valence-corrected chi connectivity index (χ4v) is 1.60.